The van der Waals surface area contributed by atoms with Crippen LogP contribution in [0.5, 0.6) is 5.75 Å². The summed E-state index contributed by atoms with van der Waals surface area (Å²) in [7, 11) is 0. The lowest BCUT2D eigenvalue weighted by Crippen LogP contribution is -1.97. The van der Waals surface area contributed by atoms with Crippen molar-refractivity contribution in [3.05, 3.63) is 34.2 Å². The number of ether oxygens (including phenoxy) is 1. The largest absolute Gasteiger partial charge is 0.478 e. The molecule has 0 unspecified atom stereocenters. The molecule has 0 spiro atoms. The number of hydrogen-bond donors (Lipinski definition) is 1. The van der Waals surface area contributed by atoms with Crippen molar-refractivity contribution in [3.8, 4) is 5.75 Å². The molecule has 7 heteroatoms. The summed E-state index contributed by atoms with van der Waals surface area (Å²) in [4.78, 5) is 23.2. The zero-order valence-electron chi connectivity index (χ0n) is 7.32. The van der Waals surface area contributed by atoms with E-state index in [0.29, 0.717) is 0 Å². The van der Waals surface area contributed by atoms with E-state index in [1.54, 1.807) is 0 Å². The minimum Gasteiger partial charge on any atom is -0.478 e. The maximum atomic E-state index is 10.6. The van der Waals surface area contributed by atoms with Crippen LogP contribution in [0, 0.1) is 0 Å². The first-order valence-electron chi connectivity index (χ1n) is 3.71. The Morgan fingerprint density at radius 1 is 1.53 bits per heavy atom. The van der Waals surface area contributed by atoms with Crippen molar-refractivity contribution in [2.45, 2.75) is 0 Å². The lowest BCUT2D eigenvalue weighted by molar-refractivity contribution is -0.120. The summed E-state index contributed by atoms with van der Waals surface area (Å²) in [6.45, 7) is 0.154. The van der Waals surface area contributed by atoms with Crippen LogP contribution >= 0.6 is 0 Å². The first-order valence-corrected chi connectivity index (χ1v) is 3.71. The maximum Gasteiger partial charge on any atom is 0.335 e. The van der Waals surface area contributed by atoms with Gasteiger partial charge in [0.2, 0.25) is 0 Å². The molecule has 0 aromatic heterocycles. The Balaban J connectivity index is 3.24. The highest BCUT2D eigenvalue weighted by Crippen LogP contribution is 2.23. The number of carbonyl (C=O) groups excluding carboxylic acids is 1. The van der Waals surface area contributed by atoms with Crippen molar-refractivity contribution in [1.29, 1.82) is 0 Å². The molecule has 1 aromatic carbocycles. The van der Waals surface area contributed by atoms with E-state index < -0.39 is 5.97 Å². The van der Waals surface area contributed by atoms with Gasteiger partial charge >= 0.3 is 5.97 Å². The lowest BCUT2D eigenvalue weighted by Gasteiger charge is -2.01. The summed E-state index contributed by atoms with van der Waals surface area (Å²) in [5.74, 6) is -1.20. The summed E-state index contributed by atoms with van der Waals surface area (Å²) < 4.78 is 4.46. The fourth-order valence-corrected chi connectivity index (χ4v) is 0.940. The number of benzene rings is 1. The second-order valence-electron chi connectivity index (χ2n) is 2.42. The quantitative estimate of drug-likeness (QED) is 0.351. The van der Waals surface area contributed by atoms with Crippen molar-refractivity contribution < 1.29 is 19.4 Å². The number of carboxylic acid groups (broad SMARTS) is 1. The van der Waals surface area contributed by atoms with Crippen molar-refractivity contribution >= 4 is 18.1 Å². The molecule has 0 saturated carbocycles. The van der Waals surface area contributed by atoms with Gasteiger partial charge in [0.1, 0.15) is 5.75 Å². The highest BCUT2D eigenvalue weighted by molar-refractivity contribution is 5.89. The Morgan fingerprint density at radius 2 is 2.27 bits per heavy atom. The van der Waals surface area contributed by atoms with Gasteiger partial charge in [0.15, 0.2) is 0 Å². The first kappa shape index (κ1) is 10.6. The molecule has 1 aromatic rings. The number of aromatic carboxylic acids is 1. The van der Waals surface area contributed by atoms with Gasteiger partial charge in [0.25, 0.3) is 6.47 Å². The Bertz CT molecular complexity index is 431. The molecular formula is C8H5N3O4. The van der Waals surface area contributed by atoms with Crippen molar-refractivity contribution in [1.82, 2.24) is 0 Å². The number of carboxylic acids is 1. The van der Waals surface area contributed by atoms with Crippen LogP contribution < -0.4 is 4.74 Å². The highest BCUT2D eigenvalue weighted by atomic mass is 16.5. The molecule has 7 nitrogen and oxygen atoms in total. The molecule has 0 radical (unpaired) electrons. The van der Waals surface area contributed by atoms with Gasteiger partial charge in [-0.3, -0.25) is 4.79 Å². The molecule has 0 saturated heterocycles. The van der Waals surface area contributed by atoms with E-state index in [4.69, 9.17) is 10.6 Å². The lowest BCUT2D eigenvalue weighted by atomic mass is 10.2. The standard InChI is InChI=1S/C8H5N3O4/c9-11-10-6-1-5(8(13)14)2-7(3-6)15-4-12/h1-4H,(H,13,14). The molecule has 0 heterocycles. The van der Waals surface area contributed by atoms with Crippen molar-refractivity contribution in [2.24, 2.45) is 5.11 Å². The summed E-state index contributed by atoms with van der Waals surface area (Å²) in [6.07, 6.45) is 0. The summed E-state index contributed by atoms with van der Waals surface area (Å²) >= 11 is 0. The molecule has 1 N–H and O–H groups in total. The van der Waals surface area contributed by atoms with E-state index in [1.165, 1.54) is 12.1 Å². The van der Waals surface area contributed by atoms with E-state index >= 15 is 0 Å². The molecule has 76 valence electrons. The normalized spacial score (nSPS) is 8.80. The van der Waals surface area contributed by atoms with Crippen LogP contribution in [0.2, 0.25) is 0 Å². The third-order valence-corrected chi connectivity index (χ3v) is 1.48. The minimum atomic E-state index is -1.21. The van der Waals surface area contributed by atoms with Crippen LogP contribution in [0.15, 0.2) is 23.3 Å². The SMILES string of the molecule is [N-]=[N+]=Nc1cc(OC=O)cc(C(=O)O)c1. The van der Waals surface area contributed by atoms with Gasteiger partial charge in [-0.2, -0.15) is 0 Å². The van der Waals surface area contributed by atoms with Crippen LogP contribution in [-0.4, -0.2) is 17.5 Å². The Morgan fingerprint density at radius 3 is 2.80 bits per heavy atom. The van der Waals surface area contributed by atoms with Crippen molar-refractivity contribution in [2.75, 3.05) is 0 Å². The predicted molar refractivity (Wildman–Crippen MR) is 48.9 cm³/mol. The van der Waals surface area contributed by atoms with Gasteiger partial charge in [-0.1, -0.05) is 5.11 Å². The average Bonchev–Trinajstić information content (AvgIpc) is 2.18. The van der Waals surface area contributed by atoms with Crippen LogP contribution in [0.4, 0.5) is 5.69 Å². The fourth-order valence-electron chi connectivity index (χ4n) is 0.940. The summed E-state index contributed by atoms with van der Waals surface area (Å²) in [6, 6.07) is 3.56. The molecule has 0 aliphatic heterocycles. The summed E-state index contributed by atoms with van der Waals surface area (Å²) in [5.41, 5.74) is 8.11. The second-order valence-corrected chi connectivity index (χ2v) is 2.42. The van der Waals surface area contributed by atoms with Gasteiger partial charge in [0.05, 0.1) is 5.56 Å². The number of azide groups is 1. The van der Waals surface area contributed by atoms with Crippen LogP contribution in [-0.2, 0) is 4.79 Å². The van der Waals surface area contributed by atoms with Gasteiger partial charge in [-0.15, -0.1) is 0 Å². The van der Waals surface area contributed by atoms with E-state index in [-0.39, 0.29) is 23.5 Å². The Kier molecular flexibility index (Phi) is 3.26. The van der Waals surface area contributed by atoms with E-state index in [9.17, 15) is 9.59 Å². The van der Waals surface area contributed by atoms with Gasteiger partial charge in [-0.25, -0.2) is 4.79 Å². The minimum absolute atomic E-state index is 0.00676. The number of carbonyl (C=O) groups is 2. The third kappa shape index (κ3) is 2.71. The molecular weight excluding hydrogens is 202 g/mol. The first-order chi connectivity index (χ1) is 7.17. The molecule has 0 aliphatic rings. The maximum absolute atomic E-state index is 10.6. The van der Waals surface area contributed by atoms with Crippen molar-refractivity contribution in [3.63, 3.8) is 0 Å². The monoisotopic (exact) mass is 207 g/mol. The molecule has 0 atom stereocenters. The number of nitrogens with zero attached hydrogens (tertiary/aromatic N) is 3. The topological polar surface area (TPSA) is 112 Å². The predicted octanol–water partition coefficient (Wildman–Crippen LogP) is 1.86. The Labute approximate surface area is 83.5 Å². The van der Waals surface area contributed by atoms with Gasteiger partial charge < -0.3 is 9.84 Å². The second kappa shape index (κ2) is 4.64. The van der Waals surface area contributed by atoms with E-state index in [2.05, 4.69) is 14.8 Å². The van der Waals surface area contributed by atoms with Gasteiger partial charge in [0, 0.05) is 10.6 Å². The molecule has 1 rings (SSSR count). The Hall–Kier alpha value is -2.53. The molecule has 0 fully saturated rings. The number of rotatable bonds is 4. The molecule has 15 heavy (non-hydrogen) atoms. The number of hydrogen-bond acceptors (Lipinski definition) is 4. The molecule has 0 bridgehead atoms. The third-order valence-electron chi connectivity index (χ3n) is 1.48. The van der Waals surface area contributed by atoms with Gasteiger partial charge in [-0.05, 0) is 23.7 Å². The molecule has 0 amide bonds. The summed E-state index contributed by atoms with van der Waals surface area (Å²) in [5, 5.41) is 11.9. The average molecular weight is 207 g/mol. The zero-order chi connectivity index (χ0) is 11.3. The van der Waals surface area contributed by atoms with Crippen LogP contribution in [0.1, 0.15) is 10.4 Å². The van der Waals surface area contributed by atoms with Crippen LogP contribution in [0.25, 0.3) is 10.4 Å². The smallest absolute Gasteiger partial charge is 0.335 e. The zero-order valence-corrected chi connectivity index (χ0v) is 7.32. The molecule has 0 aliphatic carbocycles. The highest BCUT2D eigenvalue weighted by Gasteiger charge is 2.06. The van der Waals surface area contributed by atoms with E-state index in [0.717, 1.165) is 6.07 Å². The van der Waals surface area contributed by atoms with E-state index in [1.807, 2.05) is 0 Å². The fraction of sp³-hybridized carbons (Fsp3) is 0. The van der Waals surface area contributed by atoms with Crippen LogP contribution in [0.3, 0.4) is 0 Å².